The third kappa shape index (κ3) is 2.50. The molecule has 0 unspecified atom stereocenters. The van der Waals surface area contributed by atoms with Gasteiger partial charge in [-0.05, 0) is 61.4 Å². The lowest BCUT2D eigenvalue weighted by Gasteiger charge is -2.22. The Bertz CT molecular complexity index is 806. The van der Waals surface area contributed by atoms with Gasteiger partial charge in [0, 0.05) is 5.56 Å². The summed E-state index contributed by atoms with van der Waals surface area (Å²) in [5.74, 6) is -6.70. The molecule has 5 heteroatoms. The lowest BCUT2D eigenvalue weighted by molar-refractivity contribution is 0.481. The molecule has 130 valence electrons. The minimum absolute atomic E-state index is 0.0741. The fraction of sp³-hybridized carbons (Fsp3) is 0.368. The van der Waals surface area contributed by atoms with E-state index in [4.69, 9.17) is 0 Å². The molecule has 0 aliphatic rings. The van der Waals surface area contributed by atoms with E-state index in [-0.39, 0.29) is 28.2 Å². The molecule has 0 atom stereocenters. The molecule has 2 aromatic rings. The van der Waals surface area contributed by atoms with E-state index < -0.39 is 40.2 Å². The molecular weight excluding hydrogens is 323 g/mol. The highest BCUT2D eigenvalue weighted by Gasteiger charge is 2.30. The lowest BCUT2D eigenvalue weighted by atomic mass is 9.84. The number of hydrogen-bond donors (Lipinski definition) is 0. The van der Waals surface area contributed by atoms with E-state index in [2.05, 4.69) is 0 Å². The van der Waals surface area contributed by atoms with Crippen LogP contribution in [0.2, 0.25) is 0 Å². The van der Waals surface area contributed by atoms with Crippen LogP contribution in [0, 0.1) is 56.8 Å². The maximum absolute atomic E-state index is 14.7. The first-order chi connectivity index (χ1) is 11.0. The first kappa shape index (κ1) is 18.4. The largest absolute Gasteiger partial charge is 0.206 e. The van der Waals surface area contributed by atoms with Crippen molar-refractivity contribution in [2.24, 2.45) is 0 Å². The van der Waals surface area contributed by atoms with E-state index in [1.165, 1.54) is 20.8 Å². The van der Waals surface area contributed by atoms with Crippen LogP contribution in [0.3, 0.4) is 0 Å². The van der Waals surface area contributed by atoms with E-state index in [0.717, 1.165) is 0 Å². The normalized spacial score (nSPS) is 11.5. The number of hydrogen-bond acceptors (Lipinski definition) is 0. The van der Waals surface area contributed by atoms with Gasteiger partial charge in [0.15, 0.2) is 23.3 Å². The van der Waals surface area contributed by atoms with Crippen LogP contribution >= 0.6 is 0 Å². The Kier molecular flexibility index (Phi) is 4.75. The molecule has 0 aliphatic carbocycles. The van der Waals surface area contributed by atoms with Crippen molar-refractivity contribution in [3.8, 4) is 11.1 Å². The van der Waals surface area contributed by atoms with E-state index in [0.29, 0.717) is 5.56 Å². The summed E-state index contributed by atoms with van der Waals surface area (Å²) in [6.45, 7) is 8.88. The van der Waals surface area contributed by atoms with Gasteiger partial charge >= 0.3 is 0 Å². The summed E-state index contributed by atoms with van der Waals surface area (Å²) < 4.78 is 72.1. The van der Waals surface area contributed by atoms with Crippen molar-refractivity contribution in [2.75, 3.05) is 0 Å². The Morgan fingerprint density at radius 1 is 0.500 bits per heavy atom. The number of rotatable bonds is 2. The van der Waals surface area contributed by atoms with Gasteiger partial charge in [-0.3, -0.25) is 0 Å². The summed E-state index contributed by atoms with van der Waals surface area (Å²) in [6.07, 6.45) is 0. The quantitative estimate of drug-likeness (QED) is 0.437. The lowest BCUT2D eigenvalue weighted by Crippen LogP contribution is -2.10. The second kappa shape index (κ2) is 6.19. The van der Waals surface area contributed by atoms with Crippen molar-refractivity contribution in [1.82, 2.24) is 0 Å². The second-order valence-corrected chi connectivity index (χ2v) is 6.39. The fourth-order valence-electron chi connectivity index (χ4n) is 3.02. The Labute approximate surface area is 138 Å². The molecule has 0 nitrogen and oxygen atoms in total. The fourth-order valence-corrected chi connectivity index (χ4v) is 3.02. The Morgan fingerprint density at radius 2 is 0.875 bits per heavy atom. The van der Waals surface area contributed by atoms with Gasteiger partial charge in [0.2, 0.25) is 0 Å². The Morgan fingerprint density at radius 3 is 1.33 bits per heavy atom. The Balaban J connectivity index is 3.10. The van der Waals surface area contributed by atoms with Gasteiger partial charge in [-0.1, -0.05) is 13.8 Å². The first-order valence-electron chi connectivity index (χ1n) is 7.64. The molecule has 0 aromatic heterocycles. The van der Waals surface area contributed by atoms with Crippen molar-refractivity contribution in [3.05, 3.63) is 56.9 Å². The van der Waals surface area contributed by atoms with E-state index in [1.807, 2.05) is 0 Å². The second-order valence-electron chi connectivity index (χ2n) is 6.39. The van der Waals surface area contributed by atoms with Gasteiger partial charge in [-0.15, -0.1) is 0 Å². The van der Waals surface area contributed by atoms with E-state index in [1.54, 1.807) is 20.8 Å². The molecule has 0 fully saturated rings. The van der Waals surface area contributed by atoms with Crippen molar-refractivity contribution in [1.29, 1.82) is 0 Å². The van der Waals surface area contributed by atoms with Gasteiger partial charge in [0.05, 0.1) is 5.56 Å². The number of benzene rings is 2. The average molecular weight is 342 g/mol. The van der Waals surface area contributed by atoms with Gasteiger partial charge in [-0.2, -0.15) is 0 Å². The van der Waals surface area contributed by atoms with Crippen LogP contribution in [0.4, 0.5) is 22.0 Å². The van der Waals surface area contributed by atoms with Crippen LogP contribution in [0.1, 0.15) is 47.6 Å². The SMILES string of the molecule is Cc1c(C)c(F)c(-c2c(F)c(F)c(C)c(C)c2C(C)C)c(F)c1F. The summed E-state index contributed by atoms with van der Waals surface area (Å²) in [6, 6.07) is 0. The van der Waals surface area contributed by atoms with Crippen LogP contribution in [0.15, 0.2) is 0 Å². The van der Waals surface area contributed by atoms with Crippen molar-refractivity contribution >= 4 is 0 Å². The monoisotopic (exact) mass is 342 g/mol. The molecule has 0 N–H and O–H groups in total. The summed E-state index contributed by atoms with van der Waals surface area (Å²) in [4.78, 5) is 0. The molecule has 0 saturated carbocycles. The van der Waals surface area contributed by atoms with Crippen LogP contribution in [-0.2, 0) is 0 Å². The van der Waals surface area contributed by atoms with Crippen molar-refractivity contribution in [3.63, 3.8) is 0 Å². The Hall–Kier alpha value is -1.91. The van der Waals surface area contributed by atoms with Gasteiger partial charge < -0.3 is 0 Å². The predicted molar refractivity (Wildman–Crippen MR) is 84.7 cm³/mol. The molecule has 2 aromatic carbocycles. The zero-order valence-electron chi connectivity index (χ0n) is 14.5. The van der Waals surface area contributed by atoms with Crippen molar-refractivity contribution < 1.29 is 22.0 Å². The highest BCUT2D eigenvalue weighted by Crippen LogP contribution is 2.41. The minimum Gasteiger partial charge on any atom is -0.206 e. The summed E-state index contributed by atoms with van der Waals surface area (Å²) in [7, 11) is 0. The molecule has 0 spiro atoms. The zero-order chi connectivity index (χ0) is 18.5. The molecular formula is C19H19F5. The average Bonchev–Trinajstić information content (AvgIpc) is 2.53. The van der Waals surface area contributed by atoms with Crippen LogP contribution in [-0.4, -0.2) is 0 Å². The molecule has 24 heavy (non-hydrogen) atoms. The van der Waals surface area contributed by atoms with E-state index >= 15 is 0 Å². The molecule has 0 amide bonds. The standard InChI is InChI=1S/C19H19F5/c1-7(2)12-8(3)9(4)16(21)18(23)13(12)14-15(20)10(5)11(6)17(22)19(14)24/h7H,1-6H3. The summed E-state index contributed by atoms with van der Waals surface area (Å²) >= 11 is 0. The van der Waals surface area contributed by atoms with Gasteiger partial charge in [0.25, 0.3) is 0 Å². The van der Waals surface area contributed by atoms with Gasteiger partial charge in [0.1, 0.15) is 5.82 Å². The molecule has 0 saturated heterocycles. The summed E-state index contributed by atoms with van der Waals surface area (Å²) in [5.41, 5.74) is -0.962. The first-order valence-corrected chi connectivity index (χ1v) is 7.64. The van der Waals surface area contributed by atoms with Crippen LogP contribution in [0.25, 0.3) is 11.1 Å². The van der Waals surface area contributed by atoms with Crippen molar-refractivity contribution in [2.45, 2.75) is 47.5 Å². The topological polar surface area (TPSA) is 0 Å². The highest BCUT2D eigenvalue weighted by atomic mass is 19.2. The smallest absolute Gasteiger partial charge is 0.169 e. The minimum atomic E-state index is -1.50. The molecule has 2 rings (SSSR count). The third-order valence-electron chi connectivity index (χ3n) is 4.66. The molecule has 0 heterocycles. The highest BCUT2D eigenvalue weighted by molar-refractivity contribution is 5.74. The third-order valence-corrected chi connectivity index (χ3v) is 4.66. The van der Waals surface area contributed by atoms with Crippen LogP contribution < -0.4 is 0 Å². The molecule has 0 aliphatic heterocycles. The van der Waals surface area contributed by atoms with Gasteiger partial charge in [-0.25, -0.2) is 22.0 Å². The zero-order valence-corrected chi connectivity index (χ0v) is 14.5. The molecule has 0 bridgehead atoms. The number of halogens is 5. The summed E-state index contributed by atoms with van der Waals surface area (Å²) in [5, 5.41) is 0. The predicted octanol–water partition coefficient (Wildman–Crippen LogP) is 6.41. The van der Waals surface area contributed by atoms with E-state index in [9.17, 15) is 22.0 Å². The maximum atomic E-state index is 14.7. The molecule has 0 radical (unpaired) electrons. The van der Waals surface area contributed by atoms with Crippen LogP contribution in [0.5, 0.6) is 0 Å². The maximum Gasteiger partial charge on any atom is 0.169 e.